The molecule has 0 unspecified atom stereocenters. The SMILES string of the molecule is C.N=C(N)c1ccc(OCCCOc2ccc(C(=N)N)cc2Br)c(Br)c1. The van der Waals surface area contributed by atoms with E-state index in [1.807, 2.05) is 0 Å². The van der Waals surface area contributed by atoms with Crippen LogP contribution in [0.3, 0.4) is 0 Å². The van der Waals surface area contributed by atoms with Crippen molar-refractivity contribution in [3.63, 3.8) is 0 Å². The van der Waals surface area contributed by atoms with E-state index in [9.17, 15) is 0 Å². The molecule has 0 aliphatic carbocycles. The van der Waals surface area contributed by atoms with Gasteiger partial charge in [0.1, 0.15) is 23.2 Å². The predicted octanol–water partition coefficient (Wildman–Crippen LogP) is 4.26. The normalized spacial score (nSPS) is 9.92. The zero-order chi connectivity index (χ0) is 18.4. The molecule has 0 bridgehead atoms. The summed E-state index contributed by atoms with van der Waals surface area (Å²) < 4.78 is 12.9. The van der Waals surface area contributed by atoms with Gasteiger partial charge in [0.05, 0.1) is 22.2 Å². The number of ether oxygens (including phenoxy) is 2. The fourth-order valence-electron chi connectivity index (χ4n) is 1.99. The second kappa shape index (κ2) is 10.2. The van der Waals surface area contributed by atoms with Gasteiger partial charge in [-0.2, -0.15) is 0 Å². The molecule has 0 radical (unpaired) electrons. The van der Waals surface area contributed by atoms with Crippen molar-refractivity contribution in [2.24, 2.45) is 11.5 Å². The van der Waals surface area contributed by atoms with Crippen LogP contribution in [0, 0.1) is 10.8 Å². The maximum Gasteiger partial charge on any atom is 0.133 e. The Kier molecular flexibility index (Phi) is 8.60. The second-order valence-corrected chi connectivity index (χ2v) is 6.88. The van der Waals surface area contributed by atoms with E-state index in [1.54, 1.807) is 36.4 Å². The quantitative estimate of drug-likeness (QED) is 0.253. The first-order valence-electron chi connectivity index (χ1n) is 7.42. The van der Waals surface area contributed by atoms with Crippen molar-refractivity contribution >= 4 is 43.5 Å². The van der Waals surface area contributed by atoms with Crippen molar-refractivity contribution in [2.45, 2.75) is 13.8 Å². The van der Waals surface area contributed by atoms with E-state index in [2.05, 4.69) is 31.9 Å². The van der Waals surface area contributed by atoms with E-state index in [-0.39, 0.29) is 19.1 Å². The molecule has 8 heteroatoms. The van der Waals surface area contributed by atoms with Gasteiger partial charge in [0, 0.05) is 17.5 Å². The fourth-order valence-corrected chi connectivity index (χ4v) is 2.98. The van der Waals surface area contributed by atoms with E-state index in [1.165, 1.54) is 0 Å². The van der Waals surface area contributed by atoms with E-state index in [0.717, 1.165) is 8.95 Å². The van der Waals surface area contributed by atoms with Gasteiger partial charge in [0.25, 0.3) is 0 Å². The number of halogens is 2. The van der Waals surface area contributed by atoms with Gasteiger partial charge in [0.15, 0.2) is 0 Å². The molecule has 2 rings (SSSR count). The summed E-state index contributed by atoms with van der Waals surface area (Å²) in [5, 5.41) is 14.8. The number of hydrogen-bond acceptors (Lipinski definition) is 4. The minimum absolute atomic E-state index is 0. The summed E-state index contributed by atoms with van der Waals surface area (Å²) in [7, 11) is 0. The minimum Gasteiger partial charge on any atom is -0.492 e. The van der Waals surface area contributed by atoms with Crippen LogP contribution >= 0.6 is 31.9 Å². The fraction of sp³-hybridized carbons (Fsp3) is 0.222. The van der Waals surface area contributed by atoms with Gasteiger partial charge in [-0.15, -0.1) is 0 Å². The molecule has 0 amide bonds. The van der Waals surface area contributed by atoms with Gasteiger partial charge >= 0.3 is 0 Å². The molecule has 0 aromatic heterocycles. The lowest BCUT2D eigenvalue weighted by molar-refractivity contribution is 0.246. The molecule has 0 heterocycles. The molecule has 6 N–H and O–H groups in total. The number of amidine groups is 2. The van der Waals surface area contributed by atoms with Crippen molar-refractivity contribution in [3.8, 4) is 11.5 Å². The number of hydrogen-bond donors (Lipinski definition) is 4. The lowest BCUT2D eigenvalue weighted by Crippen LogP contribution is -2.11. The molecule has 140 valence electrons. The lowest BCUT2D eigenvalue weighted by atomic mass is 10.2. The van der Waals surface area contributed by atoms with Crippen molar-refractivity contribution in [3.05, 3.63) is 56.5 Å². The standard InChI is InChI=1S/C17H18Br2N4O2.CH4/c18-12-8-10(16(20)21)2-4-14(12)24-6-1-7-25-15-5-3-11(17(22)23)9-13(15)19;/h2-5,8-9H,1,6-7H2,(H3,20,21)(H3,22,23);1H4. The van der Waals surface area contributed by atoms with Gasteiger partial charge in [-0.25, -0.2) is 0 Å². The Morgan fingerprint density at radius 3 is 1.50 bits per heavy atom. The van der Waals surface area contributed by atoms with Crippen LogP contribution in [0.15, 0.2) is 45.3 Å². The van der Waals surface area contributed by atoms with Crippen LogP contribution in [-0.4, -0.2) is 24.9 Å². The summed E-state index contributed by atoms with van der Waals surface area (Å²) >= 11 is 6.81. The summed E-state index contributed by atoms with van der Waals surface area (Å²) in [4.78, 5) is 0. The second-order valence-electron chi connectivity index (χ2n) is 5.17. The number of rotatable bonds is 8. The smallest absolute Gasteiger partial charge is 0.133 e. The van der Waals surface area contributed by atoms with Crippen LogP contribution in [0.4, 0.5) is 0 Å². The maximum atomic E-state index is 7.41. The number of nitrogen functional groups attached to an aromatic ring is 2. The van der Waals surface area contributed by atoms with E-state index < -0.39 is 0 Å². The molecule has 0 saturated heterocycles. The zero-order valence-electron chi connectivity index (χ0n) is 13.3. The molecule has 2 aromatic carbocycles. The first kappa shape index (κ1) is 22.0. The molecule has 0 aliphatic heterocycles. The van der Waals surface area contributed by atoms with Gasteiger partial charge in [0.2, 0.25) is 0 Å². The molecule has 26 heavy (non-hydrogen) atoms. The van der Waals surface area contributed by atoms with Crippen molar-refractivity contribution in [1.29, 1.82) is 10.8 Å². The summed E-state index contributed by atoms with van der Waals surface area (Å²) in [6.45, 7) is 0.975. The third-order valence-electron chi connectivity index (χ3n) is 3.29. The van der Waals surface area contributed by atoms with Crippen molar-refractivity contribution in [2.75, 3.05) is 13.2 Å². The molecule has 0 spiro atoms. The lowest BCUT2D eigenvalue weighted by Gasteiger charge is -2.11. The first-order chi connectivity index (χ1) is 11.9. The van der Waals surface area contributed by atoms with Crippen LogP contribution < -0.4 is 20.9 Å². The Hall–Kier alpha value is -2.06. The number of nitrogens with one attached hydrogen (secondary N) is 2. The van der Waals surface area contributed by atoms with E-state index in [4.69, 9.17) is 31.8 Å². The highest BCUT2D eigenvalue weighted by Crippen LogP contribution is 2.27. The molecule has 0 fully saturated rings. The van der Waals surface area contributed by atoms with Gasteiger partial charge in [-0.05, 0) is 68.3 Å². The average molecular weight is 486 g/mol. The Bertz CT molecular complexity index is 731. The average Bonchev–Trinajstić information content (AvgIpc) is 2.56. The Labute approximate surface area is 170 Å². The first-order valence-corrected chi connectivity index (χ1v) is 9.00. The number of benzene rings is 2. The summed E-state index contributed by atoms with van der Waals surface area (Å²) in [6.07, 6.45) is 0.696. The van der Waals surface area contributed by atoms with Crippen LogP contribution in [0.1, 0.15) is 25.0 Å². The topological polar surface area (TPSA) is 118 Å². The monoisotopic (exact) mass is 484 g/mol. The van der Waals surface area contributed by atoms with Gasteiger partial charge in [-0.3, -0.25) is 10.8 Å². The van der Waals surface area contributed by atoms with E-state index in [0.29, 0.717) is 42.3 Å². The molecule has 0 aliphatic rings. The molecule has 6 nitrogen and oxygen atoms in total. The molecular formula is C18H22Br2N4O2. The molecule has 2 aromatic rings. The summed E-state index contributed by atoms with van der Waals surface area (Å²) in [6, 6.07) is 10.5. The Balaban J connectivity index is 0.00000338. The maximum absolute atomic E-state index is 7.41. The molecule has 0 saturated carbocycles. The summed E-state index contributed by atoms with van der Waals surface area (Å²) in [5.74, 6) is 1.41. The molecular weight excluding hydrogens is 464 g/mol. The zero-order valence-corrected chi connectivity index (χ0v) is 16.5. The van der Waals surface area contributed by atoms with Crippen LogP contribution in [-0.2, 0) is 0 Å². The predicted molar refractivity (Wildman–Crippen MR) is 113 cm³/mol. The molecule has 0 atom stereocenters. The largest absolute Gasteiger partial charge is 0.492 e. The van der Waals surface area contributed by atoms with Crippen LogP contribution in [0.2, 0.25) is 0 Å². The third kappa shape index (κ3) is 6.03. The highest BCUT2D eigenvalue weighted by Gasteiger charge is 2.06. The Morgan fingerprint density at radius 1 is 0.808 bits per heavy atom. The minimum atomic E-state index is 0. The van der Waals surface area contributed by atoms with Crippen molar-refractivity contribution in [1.82, 2.24) is 0 Å². The van der Waals surface area contributed by atoms with Crippen molar-refractivity contribution < 1.29 is 9.47 Å². The van der Waals surface area contributed by atoms with E-state index >= 15 is 0 Å². The van der Waals surface area contributed by atoms with Gasteiger partial charge in [-0.1, -0.05) is 7.43 Å². The van der Waals surface area contributed by atoms with Crippen LogP contribution in [0.25, 0.3) is 0 Å². The number of nitrogens with two attached hydrogens (primary N) is 2. The summed E-state index contributed by atoms with van der Waals surface area (Å²) in [5.41, 5.74) is 12.2. The Morgan fingerprint density at radius 2 is 1.19 bits per heavy atom. The van der Waals surface area contributed by atoms with Gasteiger partial charge < -0.3 is 20.9 Å². The van der Waals surface area contributed by atoms with Crippen LogP contribution in [0.5, 0.6) is 11.5 Å². The highest BCUT2D eigenvalue weighted by molar-refractivity contribution is 9.10. The highest BCUT2D eigenvalue weighted by atomic mass is 79.9. The third-order valence-corrected chi connectivity index (χ3v) is 4.53.